The number of benzene rings is 2. The Bertz CT molecular complexity index is 1860. The molecule has 0 unspecified atom stereocenters. The van der Waals surface area contributed by atoms with Gasteiger partial charge in [-0.15, -0.1) is 0 Å². The van der Waals surface area contributed by atoms with Gasteiger partial charge in [0.15, 0.2) is 0 Å². The Balaban J connectivity index is 1.41. The van der Waals surface area contributed by atoms with Gasteiger partial charge < -0.3 is 10.8 Å². The first-order chi connectivity index (χ1) is 24.2. The molecule has 0 aliphatic heterocycles. The summed E-state index contributed by atoms with van der Waals surface area (Å²) < 4.78 is 0. The molecule has 4 aromatic rings. The number of nitrogens with two attached hydrogens (primary N) is 1. The monoisotopic (exact) mass is 669 g/mol. The van der Waals surface area contributed by atoms with E-state index in [-0.39, 0.29) is 18.5 Å². The standard InChI is InChI=1S/C42H47N5O3/c1-4-44-39(37-24-33(20-21-38(48)49)26-45-41(37)42(43)50)29(2)23-30(3)40-36-19-11-17-34(36)25-35(46-40)18-12-22-47(27-31-13-7-5-8-14-31)28-32-15-9-6-10-16-32/h4-10,13-16,23-26H,11-12,17-22,27-28H2,1-3H3,(H2,43,50)(H,48,49)/b30-23?,39-29-,44-4-. The molecule has 0 bridgehead atoms. The molecule has 50 heavy (non-hydrogen) atoms. The van der Waals surface area contributed by atoms with Crippen LogP contribution in [-0.4, -0.2) is 44.6 Å². The number of hydrogen-bond donors (Lipinski definition) is 2. The van der Waals surface area contributed by atoms with E-state index in [1.54, 1.807) is 12.3 Å². The van der Waals surface area contributed by atoms with Crippen LogP contribution in [0.5, 0.6) is 0 Å². The summed E-state index contributed by atoms with van der Waals surface area (Å²) in [6.45, 7) is 8.59. The summed E-state index contributed by atoms with van der Waals surface area (Å²) in [5, 5.41) is 9.20. The molecule has 1 aliphatic carbocycles. The molecular formula is C42H47N5O3. The third-order valence-corrected chi connectivity index (χ3v) is 9.05. The van der Waals surface area contributed by atoms with Gasteiger partial charge >= 0.3 is 5.97 Å². The van der Waals surface area contributed by atoms with E-state index in [0.29, 0.717) is 16.8 Å². The molecule has 3 N–H and O–H groups in total. The average molecular weight is 670 g/mol. The van der Waals surface area contributed by atoms with Crippen LogP contribution in [0.25, 0.3) is 11.3 Å². The number of aromatic nitrogens is 2. The van der Waals surface area contributed by atoms with Crippen molar-refractivity contribution in [3.8, 4) is 0 Å². The second-order valence-electron chi connectivity index (χ2n) is 13.0. The lowest BCUT2D eigenvalue weighted by Gasteiger charge is -2.23. The molecule has 258 valence electrons. The van der Waals surface area contributed by atoms with Crippen molar-refractivity contribution in [2.75, 3.05) is 6.54 Å². The topological polar surface area (TPSA) is 122 Å². The normalized spacial score (nSPS) is 13.5. The summed E-state index contributed by atoms with van der Waals surface area (Å²) in [6.07, 6.45) is 10.5. The first kappa shape index (κ1) is 36.1. The van der Waals surface area contributed by atoms with Gasteiger partial charge in [0.05, 0.1) is 11.4 Å². The van der Waals surface area contributed by atoms with Gasteiger partial charge in [0.25, 0.3) is 5.91 Å². The SMILES string of the molecule is C/C=N\C(=C(\C)C=C(C)c1nc(CCCN(Cc2ccccc2)Cc2ccccc2)cc2c1CCC2)c1cc(CCC(=O)O)cnc1C(N)=O. The number of aliphatic carboxylic acids is 1. The number of pyridine rings is 2. The van der Waals surface area contributed by atoms with Crippen LogP contribution in [0.4, 0.5) is 0 Å². The third kappa shape index (κ3) is 9.70. The highest BCUT2D eigenvalue weighted by atomic mass is 16.4. The number of carboxylic acid groups (broad SMARTS) is 1. The van der Waals surface area contributed by atoms with Gasteiger partial charge in [0.2, 0.25) is 0 Å². The number of allylic oxidation sites excluding steroid dienone is 3. The predicted octanol–water partition coefficient (Wildman–Crippen LogP) is 7.64. The number of aryl methyl sites for hydroxylation is 3. The summed E-state index contributed by atoms with van der Waals surface area (Å²) in [4.78, 5) is 40.4. The van der Waals surface area contributed by atoms with Gasteiger partial charge in [-0.25, -0.2) is 0 Å². The van der Waals surface area contributed by atoms with Crippen molar-refractivity contribution in [1.29, 1.82) is 0 Å². The van der Waals surface area contributed by atoms with E-state index in [2.05, 4.69) is 94.6 Å². The lowest BCUT2D eigenvalue weighted by molar-refractivity contribution is -0.136. The van der Waals surface area contributed by atoms with Gasteiger partial charge in [-0.3, -0.25) is 29.4 Å². The molecule has 0 fully saturated rings. The number of carbonyl (C=O) groups is 2. The minimum Gasteiger partial charge on any atom is -0.481 e. The third-order valence-electron chi connectivity index (χ3n) is 9.05. The highest BCUT2D eigenvalue weighted by Gasteiger charge is 2.21. The van der Waals surface area contributed by atoms with Crippen molar-refractivity contribution in [2.45, 2.75) is 78.8 Å². The minimum absolute atomic E-state index is 0.0453. The fourth-order valence-corrected chi connectivity index (χ4v) is 6.72. The van der Waals surface area contributed by atoms with Gasteiger partial charge in [0.1, 0.15) is 5.69 Å². The minimum atomic E-state index is -0.901. The molecule has 5 rings (SSSR count). The van der Waals surface area contributed by atoms with E-state index in [9.17, 15) is 14.7 Å². The summed E-state index contributed by atoms with van der Waals surface area (Å²) >= 11 is 0. The molecule has 2 aromatic heterocycles. The number of aliphatic imine (C=N–C) groups is 1. The number of fused-ring (bicyclic) bond motifs is 1. The number of carbonyl (C=O) groups excluding carboxylic acids is 1. The number of nitrogens with zero attached hydrogens (tertiary/aromatic N) is 4. The van der Waals surface area contributed by atoms with E-state index >= 15 is 0 Å². The van der Waals surface area contributed by atoms with Crippen LogP contribution in [0.15, 0.2) is 95.6 Å². The molecule has 8 heteroatoms. The number of amides is 1. The molecule has 0 saturated heterocycles. The molecular weight excluding hydrogens is 622 g/mol. The molecule has 0 saturated carbocycles. The maximum Gasteiger partial charge on any atom is 0.303 e. The van der Waals surface area contributed by atoms with Crippen molar-refractivity contribution < 1.29 is 14.7 Å². The number of carboxylic acids is 1. The zero-order valence-corrected chi connectivity index (χ0v) is 29.4. The van der Waals surface area contributed by atoms with Gasteiger partial charge in [0, 0.05) is 43.2 Å². The summed E-state index contributed by atoms with van der Waals surface area (Å²) in [7, 11) is 0. The Morgan fingerprint density at radius 1 is 0.920 bits per heavy atom. The summed E-state index contributed by atoms with van der Waals surface area (Å²) in [6, 6.07) is 25.4. The zero-order chi connectivity index (χ0) is 35.5. The lowest BCUT2D eigenvalue weighted by Crippen LogP contribution is -2.24. The van der Waals surface area contributed by atoms with Crippen molar-refractivity contribution in [3.05, 3.63) is 141 Å². The zero-order valence-electron chi connectivity index (χ0n) is 29.4. The highest BCUT2D eigenvalue weighted by molar-refractivity contribution is 5.97. The smallest absolute Gasteiger partial charge is 0.303 e. The Hall–Kier alpha value is -5.21. The van der Waals surface area contributed by atoms with Crippen molar-refractivity contribution in [3.63, 3.8) is 0 Å². The van der Waals surface area contributed by atoms with E-state index < -0.39 is 11.9 Å². The number of primary amides is 1. The van der Waals surface area contributed by atoms with Crippen LogP contribution >= 0.6 is 0 Å². The summed E-state index contributed by atoms with van der Waals surface area (Å²) in [5.74, 6) is -1.57. The van der Waals surface area contributed by atoms with Crippen LogP contribution < -0.4 is 5.73 Å². The lowest BCUT2D eigenvalue weighted by atomic mass is 9.97. The van der Waals surface area contributed by atoms with Gasteiger partial charge in [-0.1, -0.05) is 66.7 Å². The number of hydrogen-bond acceptors (Lipinski definition) is 6. The largest absolute Gasteiger partial charge is 0.481 e. The van der Waals surface area contributed by atoms with Crippen LogP contribution in [0.3, 0.4) is 0 Å². The first-order valence-electron chi connectivity index (χ1n) is 17.4. The van der Waals surface area contributed by atoms with Crippen LogP contribution in [-0.2, 0) is 43.6 Å². The fourth-order valence-electron chi connectivity index (χ4n) is 6.72. The van der Waals surface area contributed by atoms with E-state index in [4.69, 9.17) is 10.7 Å². The maximum atomic E-state index is 12.4. The molecule has 8 nitrogen and oxygen atoms in total. The molecule has 0 radical (unpaired) electrons. The van der Waals surface area contributed by atoms with Crippen molar-refractivity contribution in [1.82, 2.24) is 14.9 Å². The Labute approximate surface area is 295 Å². The van der Waals surface area contributed by atoms with E-state index in [1.165, 1.54) is 28.5 Å². The van der Waals surface area contributed by atoms with E-state index in [1.807, 2.05) is 13.8 Å². The van der Waals surface area contributed by atoms with Crippen LogP contribution in [0.1, 0.15) is 95.3 Å². The quantitative estimate of drug-likeness (QED) is 0.0934. The number of rotatable bonds is 16. The molecule has 1 amide bonds. The Morgan fingerprint density at radius 2 is 1.60 bits per heavy atom. The highest BCUT2D eigenvalue weighted by Crippen LogP contribution is 2.32. The molecule has 2 heterocycles. The first-order valence-corrected chi connectivity index (χ1v) is 17.4. The second-order valence-corrected chi connectivity index (χ2v) is 13.0. The molecule has 0 atom stereocenters. The maximum absolute atomic E-state index is 12.4. The molecule has 0 spiro atoms. The van der Waals surface area contributed by atoms with Crippen LogP contribution in [0.2, 0.25) is 0 Å². The molecule has 1 aliphatic rings. The average Bonchev–Trinajstić information content (AvgIpc) is 3.59. The Morgan fingerprint density at radius 3 is 2.22 bits per heavy atom. The van der Waals surface area contributed by atoms with E-state index in [0.717, 1.165) is 74.3 Å². The molecule has 2 aromatic carbocycles. The van der Waals surface area contributed by atoms with Crippen molar-refractivity contribution in [2.24, 2.45) is 10.7 Å². The van der Waals surface area contributed by atoms with Crippen molar-refractivity contribution >= 4 is 29.4 Å². The van der Waals surface area contributed by atoms with Gasteiger partial charge in [-0.05, 0) is 117 Å². The summed E-state index contributed by atoms with van der Waals surface area (Å²) in [5.41, 5.74) is 16.9. The Kier molecular flexibility index (Phi) is 12.6. The second kappa shape index (κ2) is 17.4. The predicted molar refractivity (Wildman–Crippen MR) is 201 cm³/mol. The van der Waals surface area contributed by atoms with Crippen LogP contribution in [0, 0.1) is 0 Å². The van der Waals surface area contributed by atoms with Gasteiger partial charge in [-0.2, -0.15) is 0 Å². The fraction of sp³-hybridized carbons (Fsp3) is 0.310.